The zero-order valence-corrected chi connectivity index (χ0v) is 16.0. The van der Waals surface area contributed by atoms with E-state index in [1.807, 2.05) is 13.8 Å². The van der Waals surface area contributed by atoms with E-state index in [1.165, 1.54) is 0 Å². The highest BCUT2D eigenvalue weighted by Gasteiger charge is 2.21. The van der Waals surface area contributed by atoms with Crippen molar-refractivity contribution in [2.24, 2.45) is 0 Å². The molecule has 140 valence electrons. The Bertz CT molecular complexity index is 990. The van der Waals surface area contributed by atoms with E-state index < -0.39 is 22.2 Å². The molecule has 3 heterocycles. The van der Waals surface area contributed by atoms with Crippen molar-refractivity contribution in [3.8, 4) is 0 Å². The van der Waals surface area contributed by atoms with Crippen LogP contribution in [-0.4, -0.2) is 35.6 Å². The van der Waals surface area contributed by atoms with E-state index in [0.717, 1.165) is 31.8 Å². The second kappa shape index (κ2) is 7.78. The highest BCUT2D eigenvalue weighted by atomic mass is 32.1. The van der Waals surface area contributed by atoms with E-state index in [-0.39, 0.29) is 45.1 Å². The summed E-state index contributed by atoms with van der Waals surface area (Å²) in [6.07, 6.45) is 0. The lowest BCUT2D eigenvalue weighted by Gasteiger charge is -2.00. The molecule has 10 heteroatoms. The standard InChI is InChI=1S/C16H18N2O6S2/c1-3-23-7-5-17-13(19)9-10(14(17)20)26-12-11(25-9)15(21)18(16(12)22)6-8-24-4-2/h3-8H2,1-2H3. The Morgan fingerprint density at radius 1 is 0.654 bits per heavy atom. The van der Waals surface area contributed by atoms with Crippen LogP contribution in [0.1, 0.15) is 13.8 Å². The van der Waals surface area contributed by atoms with E-state index in [9.17, 15) is 19.2 Å². The van der Waals surface area contributed by atoms with Crippen LogP contribution in [0.5, 0.6) is 0 Å². The van der Waals surface area contributed by atoms with Gasteiger partial charge in [-0.25, -0.2) is 0 Å². The number of aromatic nitrogens is 2. The van der Waals surface area contributed by atoms with Gasteiger partial charge < -0.3 is 9.47 Å². The monoisotopic (exact) mass is 398 g/mol. The second-order valence-electron chi connectivity index (χ2n) is 5.44. The Morgan fingerprint density at radius 3 is 1.23 bits per heavy atom. The van der Waals surface area contributed by atoms with Gasteiger partial charge in [0.1, 0.15) is 18.8 Å². The molecule has 0 radical (unpaired) electrons. The Kier molecular flexibility index (Phi) is 5.66. The van der Waals surface area contributed by atoms with Crippen LogP contribution in [0.3, 0.4) is 0 Å². The van der Waals surface area contributed by atoms with Crippen LogP contribution in [0.2, 0.25) is 0 Å². The van der Waals surface area contributed by atoms with Gasteiger partial charge in [-0.2, -0.15) is 0 Å². The minimum absolute atomic E-state index is 0.146. The fourth-order valence-electron chi connectivity index (χ4n) is 2.63. The Balaban J connectivity index is 2.15. The zero-order chi connectivity index (χ0) is 18.8. The summed E-state index contributed by atoms with van der Waals surface area (Å²) in [6, 6.07) is 0. The fourth-order valence-corrected chi connectivity index (χ4v) is 5.05. The largest absolute Gasteiger partial charge is 0.380 e. The van der Waals surface area contributed by atoms with Gasteiger partial charge in [0, 0.05) is 13.2 Å². The average Bonchev–Trinajstić information content (AvgIpc) is 3.01. The molecule has 0 aliphatic rings. The summed E-state index contributed by atoms with van der Waals surface area (Å²) in [5.74, 6) is 0. The highest BCUT2D eigenvalue weighted by Crippen LogP contribution is 2.25. The molecule has 0 unspecified atom stereocenters. The first-order valence-electron chi connectivity index (χ1n) is 8.23. The SMILES string of the molecule is CCOCCn1c(=O)c2sc3c(=O)n(CCOCC)c(=O)c3sc2c1=O. The Labute approximate surface area is 155 Å². The maximum atomic E-state index is 12.5. The van der Waals surface area contributed by atoms with Crippen LogP contribution < -0.4 is 22.2 Å². The Hall–Kier alpha value is -1.88. The maximum Gasteiger partial charge on any atom is 0.272 e. The minimum Gasteiger partial charge on any atom is -0.380 e. The lowest BCUT2D eigenvalue weighted by molar-refractivity contribution is 0.138. The third-order valence-corrected chi connectivity index (χ3v) is 6.49. The summed E-state index contributed by atoms with van der Waals surface area (Å²) >= 11 is 1.83. The van der Waals surface area contributed by atoms with Crippen LogP contribution in [0.4, 0.5) is 0 Å². The molecule has 8 nitrogen and oxygen atoms in total. The van der Waals surface area contributed by atoms with Crippen LogP contribution in [0.15, 0.2) is 19.2 Å². The van der Waals surface area contributed by atoms with Gasteiger partial charge in [0.15, 0.2) is 0 Å². The van der Waals surface area contributed by atoms with Crippen LogP contribution >= 0.6 is 22.7 Å². The fraction of sp³-hybridized carbons (Fsp3) is 0.500. The molecule has 0 saturated carbocycles. The molecule has 3 aromatic rings. The molecule has 0 aromatic carbocycles. The molecule has 0 atom stereocenters. The van der Waals surface area contributed by atoms with Crippen molar-refractivity contribution in [3.05, 3.63) is 41.4 Å². The van der Waals surface area contributed by atoms with Crippen LogP contribution in [0, 0.1) is 0 Å². The van der Waals surface area contributed by atoms with Gasteiger partial charge in [0.05, 0.1) is 26.3 Å². The molecule has 3 rings (SSSR count). The maximum absolute atomic E-state index is 12.5. The first-order valence-corrected chi connectivity index (χ1v) is 9.86. The van der Waals surface area contributed by atoms with Gasteiger partial charge in [-0.1, -0.05) is 0 Å². The molecule has 0 aliphatic carbocycles. The number of fused-ring (bicyclic) bond motifs is 2. The van der Waals surface area contributed by atoms with Crippen molar-refractivity contribution in [1.82, 2.24) is 9.13 Å². The highest BCUT2D eigenvalue weighted by molar-refractivity contribution is 7.36. The molecular weight excluding hydrogens is 380 g/mol. The molecule has 0 N–H and O–H groups in total. The summed E-state index contributed by atoms with van der Waals surface area (Å²) < 4.78 is 13.4. The smallest absolute Gasteiger partial charge is 0.272 e. The molecule has 0 saturated heterocycles. The number of hydrogen-bond acceptors (Lipinski definition) is 8. The van der Waals surface area contributed by atoms with Crippen molar-refractivity contribution in [3.63, 3.8) is 0 Å². The summed E-state index contributed by atoms with van der Waals surface area (Å²) in [4.78, 5) is 50.1. The van der Waals surface area contributed by atoms with Crippen LogP contribution in [0.25, 0.3) is 18.8 Å². The molecule has 0 amide bonds. The normalized spacial score (nSPS) is 11.8. The second-order valence-corrected chi connectivity index (χ2v) is 7.48. The van der Waals surface area contributed by atoms with E-state index in [1.54, 1.807) is 0 Å². The molecule has 0 spiro atoms. The van der Waals surface area contributed by atoms with Crippen molar-refractivity contribution < 1.29 is 9.47 Å². The Morgan fingerprint density at radius 2 is 0.962 bits per heavy atom. The summed E-state index contributed by atoms with van der Waals surface area (Å²) in [7, 11) is 0. The first-order chi connectivity index (χ1) is 12.5. The third-order valence-electron chi connectivity index (χ3n) is 3.90. The van der Waals surface area contributed by atoms with Gasteiger partial charge in [0.2, 0.25) is 0 Å². The predicted molar refractivity (Wildman–Crippen MR) is 102 cm³/mol. The average molecular weight is 398 g/mol. The topological polar surface area (TPSA) is 96.6 Å². The summed E-state index contributed by atoms with van der Waals surface area (Å²) in [6.45, 7) is 5.42. The lowest BCUT2D eigenvalue weighted by atomic mass is 10.6. The summed E-state index contributed by atoms with van der Waals surface area (Å²) in [5, 5.41) is 0. The van der Waals surface area contributed by atoms with Gasteiger partial charge in [0.25, 0.3) is 22.2 Å². The van der Waals surface area contributed by atoms with Gasteiger partial charge >= 0.3 is 0 Å². The predicted octanol–water partition coefficient (Wildman–Crippen LogP) is 0.671. The molecule has 0 aliphatic heterocycles. The van der Waals surface area contributed by atoms with E-state index in [0.29, 0.717) is 13.2 Å². The quantitative estimate of drug-likeness (QED) is 0.518. The van der Waals surface area contributed by atoms with Crippen LogP contribution in [-0.2, 0) is 22.6 Å². The molecule has 0 fully saturated rings. The molecule has 26 heavy (non-hydrogen) atoms. The van der Waals surface area contributed by atoms with Crippen molar-refractivity contribution in [2.75, 3.05) is 26.4 Å². The van der Waals surface area contributed by atoms with Gasteiger partial charge in [-0.05, 0) is 13.8 Å². The van der Waals surface area contributed by atoms with Crippen molar-refractivity contribution >= 4 is 41.5 Å². The molecule has 3 aromatic heterocycles. The minimum atomic E-state index is -0.443. The van der Waals surface area contributed by atoms with E-state index in [4.69, 9.17) is 9.47 Å². The van der Waals surface area contributed by atoms with E-state index >= 15 is 0 Å². The van der Waals surface area contributed by atoms with Crippen molar-refractivity contribution in [2.45, 2.75) is 26.9 Å². The lowest BCUT2D eigenvalue weighted by Crippen LogP contribution is -2.27. The number of ether oxygens (including phenoxy) is 2. The number of nitrogens with zero attached hydrogens (tertiary/aromatic N) is 2. The molecule has 0 bridgehead atoms. The summed E-state index contributed by atoms with van der Waals surface area (Å²) in [5.41, 5.74) is -1.77. The van der Waals surface area contributed by atoms with Gasteiger partial charge in [-0.3, -0.25) is 28.3 Å². The van der Waals surface area contributed by atoms with E-state index in [2.05, 4.69) is 0 Å². The number of rotatable bonds is 8. The molecular formula is C16H18N2O6S2. The zero-order valence-electron chi connectivity index (χ0n) is 14.4. The van der Waals surface area contributed by atoms with Crippen molar-refractivity contribution in [1.29, 1.82) is 0 Å². The number of hydrogen-bond donors (Lipinski definition) is 0. The van der Waals surface area contributed by atoms with Gasteiger partial charge in [-0.15, -0.1) is 22.7 Å². The first kappa shape index (κ1) is 18.9. The third kappa shape index (κ3) is 3.13.